The zero-order valence-electron chi connectivity index (χ0n) is 15.0. The van der Waals surface area contributed by atoms with Crippen molar-refractivity contribution in [2.45, 2.75) is 33.4 Å². The molecule has 6 heteroatoms. The molecule has 0 fully saturated rings. The lowest BCUT2D eigenvalue weighted by Gasteiger charge is -2.27. The number of rotatable bonds is 4. The van der Waals surface area contributed by atoms with E-state index in [0.717, 1.165) is 22.3 Å². The van der Waals surface area contributed by atoms with Crippen LogP contribution < -0.4 is 5.32 Å². The van der Waals surface area contributed by atoms with Gasteiger partial charge in [-0.2, -0.15) is 5.10 Å². The summed E-state index contributed by atoms with van der Waals surface area (Å²) in [5.74, 6) is 0. The molecule has 3 aromatic rings. The number of carbonyl (C=O) groups excluding carboxylic acids is 1. The number of nitrogens with one attached hydrogen (secondary N) is 1. The predicted molar refractivity (Wildman–Crippen MR) is 99.4 cm³/mol. The van der Waals surface area contributed by atoms with Gasteiger partial charge in [0.2, 0.25) is 0 Å². The molecule has 1 N–H and O–H groups in total. The maximum Gasteiger partial charge on any atom is 0.322 e. The molecule has 0 radical (unpaired) electrons. The van der Waals surface area contributed by atoms with E-state index in [9.17, 15) is 4.79 Å². The van der Waals surface area contributed by atoms with Crippen molar-refractivity contribution in [3.8, 4) is 0 Å². The van der Waals surface area contributed by atoms with E-state index in [-0.39, 0.29) is 12.1 Å². The first-order valence-electron chi connectivity index (χ1n) is 8.36. The van der Waals surface area contributed by atoms with Crippen molar-refractivity contribution in [2.75, 3.05) is 5.32 Å². The highest BCUT2D eigenvalue weighted by Gasteiger charge is 2.18. The zero-order chi connectivity index (χ0) is 18.0. The van der Waals surface area contributed by atoms with Gasteiger partial charge in [0.1, 0.15) is 0 Å². The number of urea groups is 1. The van der Waals surface area contributed by atoms with Crippen molar-refractivity contribution in [2.24, 2.45) is 7.05 Å². The Morgan fingerprint density at radius 1 is 1.28 bits per heavy atom. The second-order valence-electron chi connectivity index (χ2n) is 6.44. The number of benzene rings is 1. The second kappa shape index (κ2) is 6.93. The fraction of sp³-hybridized carbons (Fsp3) is 0.316. The van der Waals surface area contributed by atoms with Crippen molar-refractivity contribution in [3.05, 3.63) is 53.9 Å². The summed E-state index contributed by atoms with van der Waals surface area (Å²) in [5.41, 5.74) is 3.47. The van der Waals surface area contributed by atoms with Gasteiger partial charge in [-0.1, -0.05) is 30.3 Å². The summed E-state index contributed by atoms with van der Waals surface area (Å²) in [6, 6.07) is 11.8. The predicted octanol–water partition coefficient (Wildman–Crippen LogP) is 3.72. The molecule has 0 saturated heterocycles. The fourth-order valence-electron chi connectivity index (χ4n) is 2.84. The first-order valence-corrected chi connectivity index (χ1v) is 8.36. The lowest BCUT2D eigenvalue weighted by molar-refractivity contribution is 0.193. The third-order valence-electron chi connectivity index (χ3n) is 4.19. The molecular weight excluding hydrogens is 314 g/mol. The van der Waals surface area contributed by atoms with Crippen LogP contribution in [-0.2, 0) is 13.6 Å². The van der Waals surface area contributed by atoms with E-state index in [2.05, 4.69) is 15.4 Å². The van der Waals surface area contributed by atoms with E-state index in [1.54, 1.807) is 15.8 Å². The molecule has 1 aromatic carbocycles. The topological polar surface area (TPSA) is 63.1 Å². The molecule has 2 aromatic heterocycles. The molecule has 0 atom stereocenters. The summed E-state index contributed by atoms with van der Waals surface area (Å²) in [6.07, 6.45) is 1.67. The molecule has 2 heterocycles. The van der Waals surface area contributed by atoms with E-state index in [1.807, 2.05) is 64.2 Å². The van der Waals surface area contributed by atoms with Crippen LogP contribution in [0.25, 0.3) is 11.0 Å². The van der Waals surface area contributed by atoms with Crippen LogP contribution in [0.2, 0.25) is 0 Å². The van der Waals surface area contributed by atoms with Gasteiger partial charge in [0.25, 0.3) is 0 Å². The molecule has 25 heavy (non-hydrogen) atoms. The second-order valence-corrected chi connectivity index (χ2v) is 6.44. The number of carbonyl (C=O) groups is 1. The van der Waals surface area contributed by atoms with E-state index < -0.39 is 0 Å². The number of fused-ring (bicyclic) bond motifs is 1. The van der Waals surface area contributed by atoms with Crippen LogP contribution >= 0.6 is 0 Å². The van der Waals surface area contributed by atoms with Crippen molar-refractivity contribution in [3.63, 3.8) is 0 Å². The number of nitrogens with zero attached hydrogens (tertiary/aromatic N) is 4. The molecule has 0 unspecified atom stereocenters. The number of hydrogen-bond donors (Lipinski definition) is 1. The van der Waals surface area contributed by atoms with E-state index >= 15 is 0 Å². The lowest BCUT2D eigenvalue weighted by atomic mass is 10.2. The van der Waals surface area contributed by atoms with Gasteiger partial charge in [0.15, 0.2) is 5.65 Å². The quantitative estimate of drug-likeness (QED) is 0.789. The fourth-order valence-corrected chi connectivity index (χ4v) is 2.84. The Kier molecular flexibility index (Phi) is 4.70. The molecule has 3 rings (SSSR count). The average molecular weight is 337 g/mol. The Morgan fingerprint density at radius 3 is 2.68 bits per heavy atom. The largest absolute Gasteiger partial charge is 0.322 e. The van der Waals surface area contributed by atoms with Crippen LogP contribution in [0.4, 0.5) is 10.5 Å². The van der Waals surface area contributed by atoms with E-state index in [4.69, 9.17) is 0 Å². The summed E-state index contributed by atoms with van der Waals surface area (Å²) in [6.45, 7) is 6.52. The average Bonchev–Trinajstić information content (AvgIpc) is 2.87. The smallest absolute Gasteiger partial charge is 0.318 e. The van der Waals surface area contributed by atoms with Gasteiger partial charge in [-0.3, -0.25) is 4.68 Å². The SMILES string of the molecule is Cc1nn(C)c2ncc(NC(=O)N(Cc3ccccc3)C(C)C)cc12. The molecule has 0 aliphatic heterocycles. The highest BCUT2D eigenvalue weighted by Crippen LogP contribution is 2.20. The van der Waals surface area contributed by atoms with Gasteiger partial charge in [0.05, 0.1) is 17.6 Å². The van der Waals surface area contributed by atoms with Crippen molar-refractivity contribution < 1.29 is 4.79 Å². The Labute approximate surface area is 147 Å². The monoisotopic (exact) mass is 337 g/mol. The highest BCUT2D eigenvalue weighted by molar-refractivity contribution is 5.92. The summed E-state index contributed by atoms with van der Waals surface area (Å²) < 4.78 is 1.74. The van der Waals surface area contributed by atoms with Gasteiger partial charge in [-0.25, -0.2) is 9.78 Å². The Morgan fingerprint density at radius 2 is 2.00 bits per heavy atom. The Balaban J connectivity index is 1.80. The minimum atomic E-state index is -0.137. The van der Waals surface area contributed by atoms with Gasteiger partial charge in [0, 0.05) is 25.0 Å². The van der Waals surface area contributed by atoms with Crippen LogP contribution in [-0.4, -0.2) is 31.7 Å². The molecule has 0 spiro atoms. The normalized spacial score (nSPS) is 11.1. The summed E-state index contributed by atoms with van der Waals surface area (Å²) in [4.78, 5) is 19.0. The minimum Gasteiger partial charge on any atom is -0.318 e. The zero-order valence-corrected chi connectivity index (χ0v) is 15.0. The summed E-state index contributed by atoms with van der Waals surface area (Å²) in [7, 11) is 1.86. The first-order chi connectivity index (χ1) is 12.0. The number of aromatic nitrogens is 3. The Bertz CT molecular complexity index is 885. The Hall–Kier alpha value is -2.89. The van der Waals surface area contributed by atoms with Crippen LogP contribution in [0, 0.1) is 6.92 Å². The molecule has 2 amide bonds. The molecule has 0 aliphatic rings. The third-order valence-corrected chi connectivity index (χ3v) is 4.19. The van der Waals surface area contributed by atoms with E-state index in [0.29, 0.717) is 12.2 Å². The minimum absolute atomic E-state index is 0.0806. The van der Waals surface area contributed by atoms with Gasteiger partial charge in [-0.05, 0) is 32.4 Å². The standard InChI is InChI=1S/C19H23N5O/c1-13(2)24(12-15-8-6-5-7-9-15)19(25)21-16-10-17-14(3)22-23(4)18(17)20-11-16/h5-11,13H,12H2,1-4H3,(H,21,25). The number of aryl methyl sites for hydroxylation is 2. The molecule has 130 valence electrons. The van der Waals surface area contributed by atoms with Gasteiger partial charge >= 0.3 is 6.03 Å². The van der Waals surface area contributed by atoms with Crippen LogP contribution in [0.5, 0.6) is 0 Å². The van der Waals surface area contributed by atoms with Crippen molar-refractivity contribution in [1.82, 2.24) is 19.7 Å². The van der Waals surface area contributed by atoms with Gasteiger partial charge < -0.3 is 10.2 Å². The molecule has 0 saturated carbocycles. The molecule has 0 bridgehead atoms. The maximum atomic E-state index is 12.8. The number of pyridine rings is 1. The number of amides is 2. The van der Waals surface area contributed by atoms with Crippen molar-refractivity contribution in [1.29, 1.82) is 0 Å². The number of anilines is 1. The summed E-state index contributed by atoms with van der Waals surface area (Å²) >= 11 is 0. The maximum absolute atomic E-state index is 12.8. The molecule has 0 aliphatic carbocycles. The number of hydrogen-bond acceptors (Lipinski definition) is 3. The molecule has 6 nitrogen and oxygen atoms in total. The molecular formula is C19H23N5O. The van der Waals surface area contributed by atoms with Crippen LogP contribution in [0.3, 0.4) is 0 Å². The van der Waals surface area contributed by atoms with Crippen LogP contribution in [0.1, 0.15) is 25.1 Å². The van der Waals surface area contributed by atoms with Crippen molar-refractivity contribution >= 4 is 22.8 Å². The lowest BCUT2D eigenvalue weighted by Crippen LogP contribution is -2.39. The first kappa shape index (κ1) is 17.0. The van der Waals surface area contributed by atoms with Crippen LogP contribution in [0.15, 0.2) is 42.6 Å². The third kappa shape index (κ3) is 3.63. The summed E-state index contributed by atoms with van der Waals surface area (Å²) in [5, 5.41) is 8.26. The van der Waals surface area contributed by atoms with Gasteiger partial charge in [-0.15, -0.1) is 0 Å². The highest BCUT2D eigenvalue weighted by atomic mass is 16.2. The van der Waals surface area contributed by atoms with E-state index in [1.165, 1.54) is 0 Å².